The highest BCUT2D eigenvalue weighted by molar-refractivity contribution is 6.07. The molecule has 1 N–H and O–H groups in total. The number of hydrogen-bond donors (Lipinski definition) is 1. The number of aromatic nitrogens is 1. The highest BCUT2D eigenvalue weighted by Crippen LogP contribution is 2.37. The summed E-state index contributed by atoms with van der Waals surface area (Å²) in [5, 5.41) is 9.71. The Morgan fingerprint density at radius 2 is 1.91 bits per heavy atom. The van der Waals surface area contributed by atoms with Gasteiger partial charge < -0.3 is 14.4 Å². The van der Waals surface area contributed by atoms with Crippen molar-refractivity contribution in [3.8, 4) is 11.4 Å². The van der Waals surface area contributed by atoms with E-state index in [1.807, 2.05) is 0 Å². The number of carboxylic acids is 1. The molecular weight excluding hydrogens is 301 g/mol. The first-order valence-electron chi connectivity index (χ1n) is 6.78. The highest BCUT2D eigenvalue weighted by atomic mass is 19.1. The van der Waals surface area contributed by atoms with Crippen LogP contribution in [0.3, 0.4) is 0 Å². The van der Waals surface area contributed by atoms with Crippen LogP contribution in [0, 0.1) is 12.7 Å². The third-order valence-corrected chi connectivity index (χ3v) is 3.66. The Hall–Kier alpha value is -3.15. The molecule has 0 unspecified atom stereocenters. The lowest BCUT2D eigenvalue weighted by molar-refractivity contribution is -0.120. The summed E-state index contributed by atoms with van der Waals surface area (Å²) in [4.78, 5) is 22.3. The van der Waals surface area contributed by atoms with Gasteiger partial charge in [-0.25, -0.2) is 9.18 Å². The van der Waals surface area contributed by atoms with Crippen LogP contribution in [0.15, 0.2) is 42.5 Å². The number of carbonyl (C=O) groups is 2. The van der Waals surface area contributed by atoms with E-state index in [2.05, 4.69) is 0 Å². The fourth-order valence-corrected chi connectivity index (χ4v) is 2.72. The van der Waals surface area contributed by atoms with Crippen molar-refractivity contribution in [1.82, 2.24) is 4.57 Å². The van der Waals surface area contributed by atoms with Gasteiger partial charge in [0.2, 0.25) is 0 Å². The number of carboxylic acid groups (broad SMARTS) is 1. The van der Waals surface area contributed by atoms with E-state index in [-0.39, 0.29) is 23.6 Å². The first-order valence-corrected chi connectivity index (χ1v) is 6.78. The molecule has 0 saturated carbocycles. The molecule has 3 rings (SSSR count). The van der Waals surface area contributed by atoms with E-state index in [1.165, 1.54) is 18.2 Å². The smallest absolute Gasteiger partial charge is 0.336 e. The zero-order valence-corrected chi connectivity index (χ0v) is 12.1. The van der Waals surface area contributed by atoms with Crippen LogP contribution < -0.4 is 4.74 Å². The van der Waals surface area contributed by atoms with Gasteiger partial charge in [-0.2, -0.15) is 0 Å². The molecular formula is C17H12FNO4. The number of fused-ring (bicyclic) bond motifs is 1. The number of rotatable bonds is 4. The quantitative estimate of drug-likeness (QED) is 0.750. The maximum absolute atomic E-state index is 13.2. The summed E-state index contributed by atoms with van der Waals surface area (Å²) in [5.41, 5.74) is 1.78. The van der Waals surface area contributed by atoms with Gasteiger partial charge >= 0.3 is 5.97 Å². The summed E-state index contributed by atoms with van der Waals surface area (Å²) in [6.07, 6.45) is 0. The lowest BCUT2D eigenvalue weighted by atomic mass is 10.1. The molecule has 0 amide bonds. The predicted octanol–water partition coefficient (Wildman–Crippen LogP) is 3.31. The molecule has 0 saturated heterocycles. The third kappa shape index (κ3) is 2.34. The van der Waals surface area contributed by atoms with Gasteiger partial charge in [0, 0.05) is 5.69 Å². The average molecular weight is 313 g/mol. The van der Waals surface area contributed by atoms with Crippen LogP contribution in [0.25, 0.3) is 16.6 Å². The van der Waals surface area contributed by atoms with Crippen LogP contribution in [0.2, 0.25) is 0 Å². The second kappa shape index (κ2) is 5.57. The van der Waals surface area contributed by atoms with E-state index in [0.29, 0.717) is 22.3 Å². The topological polar surface area (TPSA) is 68.5 Å². The molecule has 0 atom stereocenters. The van der Waals surface area contributed by atoms with Crippen molar-refractivity contribution in [2.24, 2.45) is 0 Å². The minimum absolute atomic E-state index is 0.0308. The van der Waals surface area contributed by atoms with Gasteiger partial charge in [-0.05, 0) is 43.3 Å². The number of nitrogens with zero attached hydrogens (tertiary/aromatic N) is 1. The first kappa shape index (κ1) is 14.8. The molecule has 2 aromatic carbocycles. The number of ether oxygens (including phenoxy) is 1. The predicted molar refractivity (Wildman–Crippen MR) is 81.6 cm³/mol. The molecule has 1 aromatic heterocycles. The Bertz CT molecular complexity index is 912. The summed E-state index contributed by atoms with van der Waals surface area (Å²) >= 11 is 0. The van der Waals surface area contributed by atoms with Gasteiger partial charge in [0.1, 0.15) is 5.82 Å². The summed E-state index contributed by atoms with van der Waals surface area (Å²) in [6.45, 7) is 1.96. The zero-order valence-electron chi connectivity index (χ0n) is 12.1. The summed E-state index contributed by atoms with van der Waals surface area (Å²) in [5.74, 6) is -1.32. The van der Waals surface area contributed by atoms with Crippen molar-refractivity contribution >= 4 is 23.3 Å². The van der Waals surface area contributed by atoms with Crippen LogP contribution in [0.1, 0.15) is 16.1 Å². The lowest BCUT2D eigenvalue weighted by Gasteiger charge is -2.08. The molecule has 0 radical (unpaired) electrons. The lowest BCUT2D eigenvalue weighted by Crippen LogP contribution is -1.98. The van der Waals surface area contributed by atoms with Crippen molar-refractivity contribution in [2.75, 3.05) is 0 Å². The Kier molecular flexibility index (Phi) is 3.57. The van der Waals surface area contributed by atoms with Gasteiger partial charge in [0.05, 0.1) is 22.2 Å². The second-order valence-corrected chi connectivity index (χ2v) is 4.95. The number of hydrogen-bond acceptors (Lipinski definition) is 3. The molecule has 0 aliphatic heterocycles. The maximum Gasteiger partial charge on any atom is 0.336 e. The molecule has 0 spiro atoms. The van der Waals surface area contributed by atoms with Gasteiger partial charge in [0.15, 0.2) is 5.75 Å². The van der Waals surface area contributed by atoms with Crippen molar-refractivity contribution in [3.05, 3.63) is 59.5 Å². The van der Waals surface area contributed by atoms with Crippen molar-refractivity contribution in [3.63, 3.8) is 0 Å². The van der Waals surface area contributed by atoms with E-state index in [0.717, 1.165) is 0 Å². The van der Waals surface area contributed by atoms with E-state index < -0.39 is 5.97 Å². The zero-order chi connectivity index (χ0) is 16.6. The average Bonchev–Trinajstić information content (AvgIpc) is 2.81. The van der Waals surface area contributed by atoms with Crippen LogP contribution in [-0.4, -0.2) is 22.1 Å². The molecule has 3 aromatic rings. The SMILES string of the molecule is Cc1c(OC=O)c2c(C(=O)O)cccc2n1-c1ccc(F)cc1. The minimum Gasteiger partial charge on any atom is -0.478 e. The second-order valence-electron chi connectivity index (χ2n) is 4.95. The molecule has 6 heteroatoms. The molecule has 5 nitrogen and oxygen atoms in total. The summed E-state index contributed by atoms with van der Waals surface area (Å²) in [7, 11) is 0. The molecule has 23 heavy (non-hydrogen) atoms. The van der Waals surface area contributed by atoms with Crippen molar-refractivity contribution < 1.29 is 23.8 Å². The standard InChI is InChI=1S/C17H12FNO4/c1-10-16(23-9-20)15-13(17(21)22)3-2-4-14(15)19(10)12-7-5-11(18)6-8-12/h2-9H,1H3,(H,21,22). The molecule has 0 aliphatic rings. The fourth-order valence-electron chi connectivity index (χ4n) is 2.72. The van der Waals surface area contributed by atoms with Gasteiger partial charge in [-0.15, -0.1) is 0 Å². The van der Waals surface area contributed by atoms with E-state index in [4.69, 9.17) is 4.74 Å². The van der Waals surface area contributed by atoms with E-state index in [9.17, 15) is 19.1 Å². The number of benzene rings is 2. The van der Waals surface area contributed by atoms with E-state index in [1.54, 1.807) is 35.8 Å². The number of carbonyl (C=O) groups excluding carboxylic acids is 1. The monoisotopic (exact) mass is 313 g/mol. The molecule has 0 bridgehead atoms. The van der Waals surface area contributed by atoms with Crippen molar-refractivity contribution in [1.29, 1.82) is 0 Å². The molecule has 0 aliphatic carbocycles. The van der Waals surface area contributed by atoms with Gasteiger partial charge in [-0.3, -0.25) is 4.79 Å². The largest absolute Gasteiger partial charge is 0.478 e. The maximum atomic E-state index is 13.2. The summed E-state index contributed by atoms with van der Waals surface area (Å²) < 4.78 is 19.9. The van der Waals surface area contributed by atoms with Crippen molar-refractivity contribution in [2.45, 2.75) is 6.92 Å². The Morgan fingerprint density at radius 3 is 2.52 bits per heavy atom. The highest BCUT2D eigenvalue weighted by Gasteiger charge is 2.22. The Balaban J connectivity index is 2.41. The summed E-state index contributed by atoms with van der Waals surface area (Å²) in [6, 6.07) is 10.5. The third-order valence-electron chi connectivity index (χ3n) is 3.66. The van der Waals surface area contributed by atoms with Crippen LogP contribution in [-0.2, 0) is 4.79 Å². The Morgan fingerprint density at radius 1 is 1.22 bits per heavy atom. The molecule has 116 valence electrons. The number of halogens is 1. The number of aromatic carboxylic acids is 1. The van der Waals surface area contributed by atoms with Gasteiger partial charge in [-0.1, -0.05) is 6.07 Å². The normalized spacial score (nSPS) is 10.7. The fraction of sp³-hybridized carbons (Fsp3) is 0.0588. The van der Waals surface area contributed by atoms with Crippen LogP contribution >= 0.6 is 0 Å². The Labute approximate surface area is 130 Å². The molecule has 0 fully saturated rings. The minimum atomic E-state index is -1.12. The molecule has 1 heterocycles. The van der Waals surface area contributed by atoms with Crippen LogP contribution in [0.5, 0.6) is 5.75 Å². The van der Waals surface area contributed by atoms with Crippen LogP contribution in [0.4, 0.5) is 4.39 Å². The first-order chi connectivity index (χ1) is 11.0. The van der Waals surface area contributed by atoms with Gasteiger partial charge in [0.25, 0.3) is 6.47 Å². The van der Waals surface area contributed by atoms with E-state index >= 15 is 0 Å².